The van der Waals surface area contributed by atoms with Crippen LogP contribution in [0.1, 0.15) is 25.3 Å². The molecule has 146 valence electrons. The van der Waals surface area contributed by atoms with Gasteiger partial charge in [-0.25, -0.2) is 0 Å². The molecule has 0 spiro atoms. The zero-order valence-corrected chi connectivity index (χ0v) is 16.2. The van der Waals surface area contributed by atoms with Gasteiger partial charge in [-0.05, 0) is 57.2 Å². The Morgan fingerprint density at radius 2 is 1.96 bits per heavy atom. The molecule has 2 rings (SSSR count). The van der Waals surface area contributed by atoms with Crippen LogP contribution < -0.4 is 4.74 Å². The minimum atomic E-state index is -0.546. The number of aliphatic hydroxyl groups excluding tert-OH is 1. The highest BCUT2D eigenvalue weighted by atomic mass is 16.5. The Kier molecular flexibility index (Phi) is 8.35. The summed E-state index contributed by atoms with van der Waals surface area (Å²) >= 11 is 0. The lowest BCUT2D eigenvalue weighted by molar-refractivity contribution is -0.147. The van der Waals surface area contributed by atoms with Crippen LogP contribution in [0, 0.1) is 5.92 Å². The van der Waals surface area contributed by atoms with Gasteiger partial charge in [-0.15, -0.1) is 0 Å². The Morgan fingerprint density at radius 3 is 2.54 bits per heavy atom. The van der Waals surface area contributed by atoms with E-state index < -0.39 is 6.10 Å². The number of piperidine rings is 1. The van der Waals surface area contributed by atoms with Gasteiger partial charge in [0, 0.05) is 13.1 Å². The zero-order valence-electron chi connectivity index (χ0n) is 16.2. The number of benzene rings is 1. The first-order valence-corrected chi connectivity index (χ1v) is 9.40. The zero-order chi connectivity index (χ0) is 18.9. The van der Waals surface area contributed by atoms with Gasteiger partial charge in [0.2, 0.25) is 0 Å². The number of methoxy groups -OCH3 is 1. The van der Waals surface area contributed by atoms with Crippen LogP contribution in [-0.4, -0.2) is 73.9 Å². The van der Waals surface area contributed by atoms with Crippen molar-refractivity contribution in [3.63, 3.8) is 0 Å². The van der Waals surface area contributed by atoms with E-state index in [4.69, 9.17) is 9.47 Å². The van der Waals surface area contributed by atoms with Crippen LogP contribution in [0.25, 0.3) is 0 Å². The number of ether oxygens (including phenoxy) is 2. The van der Waals surface area contributed by atoms with Crippen molar-refractivity contribution in [1.29, 1.82) is 0 Å². The van der Waals surface area contributed by atoms with Crippen molar-refractivity contribution in [2.24, 2.45) is 5.92 Å². The molecule has 1 fully saturated rings. The van der Waals surface area contributed by atoms with E-state index in [0.29, 0.717) is 6.54 Å². The number of carbonyl (C=O) groups excluding carboxylic acids is 1. The van der Waals surface area contributed by atoms with E-state index in [1.54, 1.807) is 0 Å². The molecule has 1 heterocycles. The summed E-state index contributed by atoms with van der Waals surface area (Å²) in [5.74, 6) is 0.647. The summed E-state index contributed by atoms with van der Waals surface area (Å²) < 4.78 is 10.5. The number of nitrogens with zero attached hydrogens (tertiary/aromatic N) is 2. The highest BCUT2D eigenvalue weighted by molar-refractivity contribution is 5.72. The second-order valence-electron chi connectivity index (χ2n) is 7.04. The lowest BCUT2D eigenvalue weighted by atomic mass is 9.97. The molecule has 1 aromatic rings. The van der Waals surface area contributed by atoms with Gasteiger partial charge in [0.05, 0.1) is 13.0 Å². The lowest BCUT2D eigenvalue weighted by Crippen LogP contribution is -2.42. The summed E-state index contributed by atoms with van der Waals surface area (Å²) in [6, 6.07) is 8.03. The molecule has 6 nitrogen and oxygen atoms in total. The van der Waals surface area contributed by atoms with Gasteiger partial charge in [0.1, 0.15) is 18.5 Å². The van der Waals surface area contributed by atoms with E-state index in [2.05, 4.69) is 35.9 Å². The van der Waals surface area contributed by atoms with Crippen LogP contribution in [0.3, 0.4) is 0 Å². The average molecular weight is 364 g/mol. The van der Waals surface area contributed by atoms with Crippen LogP contribution in [-0.2, 0) is 16.1 Å². The number of aliphatic hydroxyl groups is 1. The first-order valence-electron chi connectivity index (χ1n) is 9.40. The molecule has 1 N–H and O–H groups in total. The number of rotatable bonds is 9. The monoisotopic (exact) mass is 364 g/mol. The minimum Gasteiger partial charge on any atom is -0.491 e. The molecule has 0 saturated carbocycles. The molecule has 1 unspecified atom stereocenters. The Hall–Kier alpha value is -1.63. The molecular formula is C20H32N2O4. The normalized spacial score (nSPS) is 17.3. The molecule has 26 heavy (non-hydrogen) atoms. The van der Waals surface area contributed by atoms with Crippen LogP contribution in [0.5, 0.6) is 5.75 Å². The fourth-order valence-electron chi connectivity index (χ4n) is 3.18. The fraction of sp³-hybridized carbons (Fsp3) is 0.650. The van der Waals surface area contributed by atoms with E-state index in [1.165, 1.54) is 12.7 Å². The highest BCUT2D eigenvalue weighted by Crippen LogP contribution is 2.19. The van der Waals surface area contributed by atoms with Crippen molar-refractivity contribution in [1.82, 2.24) is 9.80 Å². The highest BCUT2D eigenvalue weighted by Gasteiger charge is 2.26. The molecule has 1 aromatic carbocycles. The number of likely N-dealkylation sites (tertiary alicyclic amines) is 1. The molecule has 1 aliphatic heterocycles. The second kappa shape index (κ2) is 10.5. The van der Waals surface area contributed by atoms with Gasteiger partial charge in [-0.1, -0.05) is 19.1 Å². The summed E-state index contributed by atoms with van der Waals surface area (Å²) in [6.45, 7) is 6.50. The Labute approximate surface area is 156 Å². The Balaban J connectivity index is 1.69. The van der Waals surface area contributed by atoms with E-state index in [9.17, 15) is 9.90 Å². The van der Waals surface area contributed by atoms with Crippen molar-refractivity contribution in [3.8, 4) is 5.75 Å². The van der Waals surface area contributed by atoms with Crippen molar-refractivity contribution in [2.45, 2.75) is 32.4 Å². The van der Waals surface area contributed by atoms with Crippen molar-refractivity contribution < 1.29 is 19.4 Å². The molecular weight excluding hydrogens is 332 g/mol. The maximum atomic E-state index is 11.5. The molecule has 1 aliphatic rings. The average Bonchev–Trinajstić information content (AvgIpc) is 2.67. The summed E-state index contributed by atoms with van der Waals surface area (Å²) in [4.78, 5) is 16.0. The number of β-amino-alcohol motifs (C(OH)–C–C–N with tert-alkyl or cyclic N) is 1. The van der Waals surface area contributed by atoms with Gasteiger partial charge in [-0.3, -0.25) is 4.79 Å². The van der Waals surface area contributed by atoms with Crippen LogP contribution in [0.4, 0.5) is 0 Å². The fourth-order valence-corrected chi connectivity index (χ4v) is 3.18. The van der Waals surface area contributed by atoms with Crippen LogP contribution >= 0.6 is 0 Å². The number of carbonyl (C=O) groups is 1. The van der Waals surface area contributed by atoms with Gasteiger partial charge < -0.3 is 24.4 Å². The molecule has 1 saturated heterocycles. The third kappa shape index (κ3) is 6.59. The number of esters is 1. The molecule has 0 radical (unpaired) electrons. The summed E-state index contributed by atoms with van der Waals surface area (Å²) in [5, 5.41) is 10.2. The van der Waals surface area contributed by atoms with E-state index in [1.807, 2.05) is 12.1 Å². The molecule has 0 bridgehead atoms. The van der Waals surface area contributed by atoms with Gasteiger partial charge in [-0.2, -0.15) is 0 Å². The Bertz CT molecular complexity index is 541. The number of hydrogen-bond acceptors (Lipinski definition) is 6. The lowest BCUT2D eigenvalue weighted by Gasteiger charge is -2.31. The first-order chi connectivity index (χ1) is 12.5. The van der Waals surface area contributed by atoms with Crippen LogP contribution in [0.2, 0.25) is 0 Å². The molecule has 6 heteroatoms. The van der Waals surface area contributed by atoms with E-state index >= 15 is 0 Å². The predicted molar refractivity (Wildman–Crippen MR) is 101 cm³/mol. The topological polar surface area (TPSA) is 62.2 Å². The van der Waals surface area contributed by atoms with Gasteiger partial charge >= 0.3 is 5.97 Å². The summed E-state index contributed by atoms with van der Waals surface area (Å²) in [5.41, 5.74) is 1.25. The summed E-state index contributed by atoms with van der Waals surface area (Å²) in [6.07, 6.45) is 1.03. The molecule has 0 aromatic heterocycles. The quantitative estimate of drug-likeness (QED) is 0.674. The third-order valence-electron chi connectivity index (χ3n) is 4.95. The third-order valence-corrected chi connectivity index (χ3v) is 4.95. The Morgan fingerprint density at radius 1 is 1.31 bits per heavy atom. The van der Waals surface area contributed by atoms with Gasteiger partial charge in [0.15, 0.2) is 0 Å². The second-order valence-corrected chi connectivity index (χ2v) is 7.04. The SMILES string of the molecule is CCN(C)Cc1ccc(OCC(O)CN2CCC(C(=O)OC)CC2)cc1. The standard InChI is InChI=1S/C20H32N2O4/c1-4-21(2)13-16-5-7-19(8-6-16)26-15-18(23)14-22-11-9-17(10-12-22)20(24)25-3/h5-8,17-18,23H,4,9-15H2,1-3H3. The number of hydrogen-bond donors (Lipinski definition) is 1. The maximum Gasteiger partial charge on any atom is 0.308 e. The van der Waals surface area contributed by atoms with E-state index in [0.717, 1.165) is 44.8 Å². The summed E-state index contributed by atoms with van der Waals surface area (Å²) in [7, 11) is 3.53. The van der Waals surface area contributed by atoms with Crippen molar-refractivity contribution in [2.75, 3.05) is 46.9 Å². The molecule has 1 atom stereocenters. The molecule has 0 amide bonds. The maximum absolute atomic E-state index is 11.5. The van der Waals surface area contributed by atoms with Gasteiger partial charge in [0.25, 0.3) is 0 Å². The first kappa shape index (κ1) is 20.7. The minimum absolute atomic E-state index is 0.00471. The molecule has 0 aliphatic carbocycles. The van der Waals surface area contributed by atoms with Crippen molar-refractivity contribution in [3.05, 3.63) is 29.8 Å². The predicted octanol–water partition coefficient (Wildman–Crippen LogP) is 1.76. The smallest absolute Gasteiger partial charge is 0.308 e. The van der Waals surface area contributed by atoms with E-state index in [-0.39, 0.29) is 18.5 Å². The van der Waals surface area contributed by atoms with Crippen molar-refractivity contribution >= 4 is 5.97 Å². The van der Waals surface area contributed by atoms with Crippen LogP contribution in [0.15, 0.2) is 24.3 Å². The largest absolute Gasteiger partial charge is 0.491 e.